The van der Waals surface area contributed by atoms with Gasteiger partial charge in [-0.05, 0) is 45.4 Å². The molecule has 2 N–H and O–H groups in total. The highest BCUT2D eigenvalue weighted by molar-refractivity contribution is 5.89. The first-order valence-electron chi connectivity index (χ1n) is 5.68. The van der Waals surface area contributed by atoms with E-state index in [4.69, 9.17) is 0 Å². The van der Waals surface area contributed by atoms with Crippen LogP contribution >= 0.6 is 0 Å². The van der Waals surface area contributed by atoms with Crippen molar-refractivity contribution >= 4 is 16.6 Å². The molecule has 1 aromatic heterocycles. The summed E-state index contributed by atoms with van der Waals surface area (Å²) in [4.78, 5) is 4.45. The summed E-state index contributed by atoms with van der Waals surface area (Å²) >= 11 is 0. The molecule has 0 fully saturated rings. The van der Waals surface area contributed by atoms with E-state index in [2.05, 4.69) is 56.2 Å². The van der Waals surface area contributed by atoms with Gasteiger partial charge < -0.3 is 22.3 Å². The number of nitrogens with zero attached hydrogens (tertiary/aromatic N) is 1. The van der Waals surface area contributed by atoms with Crippen molar-refractivity contribution in [1.82, 2.24) is 4.98 Å². The molecule has 0 spiro atoms. The zero-order valence-electron chi connectivity index (χ0n) is 10.8. The van der Waals surface area contributed by atoms with E-state index >= 15 is 0 Å². The smallest absolute Gasteiger partial charge is 0.139 e. The van der Waals surface area contributed by atoms with Gasteiger partial charge in [0.05, 0.1) is 16.4 Å². The van der Waals surface area contributed by atoms with Crippen LogP contribution in [0.5, 0.6) is 0 Å². The molecule has 1 heterocycles. The summed E-state index contributed by atoms with van der Waals surface area (Å²) in [7, 11) is 0. The van der Waals surface area contributed by atoms with Gasteiger partial charge in [0.25, 0.3) is 0 Å². The van der Waals surface area contributed by atoms with E-state index in [1.165, 1.54) is 16.6 Å². The Morgan fingerprint density at radius 2 is 1.82 bits per heavy atom. The Bertz CT molecular complexity index is 515. The maximum atomic E-state index is 4.45. The molecule has 0 aliphatic heterocycles. The molecule has 17 heavy (non-hydrogen) atoms. The molecule has 92 valence electrons. The molecule has 0 atom stereocenters. The lowest BCUT2D eigenvalue weighted by molar-refractivity contribution is -0.640. The Balaban J connectivity index is 0.00000144. The van der Waals surface area contributed by atoms with Gasteiger partial charge in [0.1, 0.15) is 5.69 Å². The van der Waals surface area contributed by atoms with Gasteiger partial charge in [0.2, 0.25) is 0 Å². The minimum atomic E-state index is 0. The van der Waals surface area contributed by atoms with Gasteiger partial charge in [0, 0.05) is 12.3 Å². The van der Waals surface area contributed by atoms with Gasteiger partial charge >= 0.3 is 0 Å². The number of hydrogen-bond acceptors (Lipinski definition) is 1. The first-order chi connectivity index (χ1) is 7.47. The maximum absolute atomic E-state index is 4.45. The average Bonchev–Trinajstić information content (AvgIpc) is 2.21. The third-order valence-corrected chi connectivity index (χ3v) is 2.59. The second-order valence-electron chi connectivity index (χ2n) is 5.38. The number of pyridine rings is 1. The Hall–Kier alpha value is -0.930. The molecule has 3 heteroatoms. The lowest BCUT2D eigenvalue weighted by Crippen LogP contribution is -3.00. The summed E-state index contributed by atoms with van der Waals surface area (Å²) in [5.41, 5.74) is 3.82. The summed E-state index contributed by atoms with van der Waals surface area (Å²) in [6.45, 7) is 8.76. The maximum Gasteiger partial charge on any atom is 0.139 e. The molecule has 0 bridgehead atoms. The Morgan fingerprint density at radius 3 is 2.47 bits per heavy atom. The van der Waals surface area contributed by atoms with Crippen LogP contribution in [-0.4, -0.2) is 10.5 Å². The standard InChI is InChI=1S/C14H18N2.BrH/c1-10-7-8-12(16-14(2,3)4)11-6-5-9-15-13(10)11;/h5-9,16H,1-4H3;1H. The van der Waals surface area contributed by atoms with E-state index in [9.17, 15) is 0 Å². The monoisotopic (exact) mass is 294 g/mol. The fraction of sp³-hybridized carbons (Fsp3) is 0.357. The molecule has 2 rings (SSSR count). The van der Waals surface area contributed by atoms with Crippen LogP contribution in [-0.2, 0) is 0 Å². The van der Waals surface area contributed by atoms with Gasteiger partial charge in [0.15, 0.2) is 0 Å². The quantitative estimate of drug-likeness (QED) is 0.709. The highest BCUT2D eigenvalue weighted by Crippen LogP contribution is 2.21. The van der Waals surface area contributed by atoms with Crippen molar-refractivity contribution in [3.8, 4) is 0 Å². The number of nitrogens with two attached hydrogens (primary N) is 1. The average molecular weight is 295 g/mol. The second-order valence-corrected chi connectivity index (χ2v) is 5.38. The predicted molar refractivity (Wildman–Crippen MR) is 67.8 cm³/mol. The molecule has 0 amide bonds. The van der Waals surface area contributed by atoms with Crippen LogP contribution in [0.2, 0.25) is 0 Å². The van der Waals surface area contributed by atoms with Gasteiger partial charge in [-0.15, -0.1) is 0 Å². The number of aryl methyl sites for hydroxylation is 1. The summed E-state index contributed by atoms with van der Waals surface area (Å²) in [6.07, 6.45) is 1.86. The molecule has 1 aromatic carbocycles. The summed E-state index contributed by atoms with van der Waals surface area (Å²) in [5, 5.41) is 3.55. The van der Waals surface area contributed by atoms with Crippen molar-refractivity contribution in [3.63, 3.8) is 0 Å². The van der Waals surface area contributed by atoms with Crippen molar-refractivity contribution in [2.75, 3.05) is 0 Å². The summed E-state index contributed by atoms with van der Waals surface area (Å²) in [6, 6.07) is 8.48. The molecule has 0 saturated carbocycles. The van der Waals surface area contributed by atoms with Gasteiger partial charge in [-0.1, -0.05) is 6.07 Å². The van der Waals surface area contributed by atoms with Gasteiger partial charge in [-0.25, -0.2) is 0 Å². The van der Waals surface area contributed by atoms with Crippen molar-refractivity contribution in [2.24, 2.45) is 0 Å². The van der Waals surface area contributed by atoms with E-state index in [0.29, 0.717) is 0 Å². The predicted octanol–water partition coefficient (Wildman–Crippen LogP) is -0.459. The van der Waals surface area contributed by atoms with Crippen LogP contribution in [0.25, 0.3) is 10.9 Å². The second kappa shape index (κ2) is 5.15. The van der Waals surface area contributed by atoms with Gasteiger partial charge in [-0.3, -0.25) is 4.98 Å². The zero-order valence-corrected chi connectivity index (χ0v) is 12.4. The summed E-state index contributed by atoms with van der Waals surface area (Å²) < 4.78 is 0. The van der Waals surface area contributed by atoms with E-state index in [1.54, 1.807) is 0 Å². The molecule has 0 aliphatic rings. The van der Waals surface area contributed by atoms with Crippen LogP contribution in [0.15, 0.2) is 30.5 Å². The van der Waals surface area contributed by atoms with E-state index in [-0.39, 0.29) is 22.5 Å². The molecule has 0 saturated heterocycles. The number of rotatable bonds is 1. The molecular formula is C14H19BrN2. The molecule has 0 radical (unpaired) electrons. The molecule has 2 aromatic rings. The lowest BCUT2D eigenvalue weighted by atomic mass is 10.0. The Labute approximate surface area is 113 Å². The van der Waals surface area contributed by atoms with E-state index in [0.717, 1.165) is 5.52 Å². The third kappa shape index (κ3) is 3.27. The highest BCUT2D eigenvalue weighted by Gasteiger charge is 2.17. The minimum Gasteiger partial charge on any atom is -1.00 e. The normalized spacial score (nSPS) is 11.3. The van der Waals surface area contributed by atoms with E-state index < -0.39 is 0 Å². The fourth-order valence-corrected chi connectivity index (χ4v) is 1.93. The number of quaternary nitrogens is 1. The van der Waals surface area contributed by atoms with Crippen LogP contribution in [0.3, 0.4) is 0 Å². The van der Waals surface area contributed by atoms with E-state index in [1.807, 2.05) is 12.3 Å². The first-order valence-corrected chi connectivity index (χ1v) is 5.68. The van der Waals surface area contributed by atoms with Crippen LogP contribution in [0, 0.1) is 6.92 Å². The zero-order chi connectivity index (χ0) is 11.8. The van der Waals surface area contributed by atoms with Crippen molar-refractivity contribution in [3.05, 3.63) is 36.0 Å². The Kier molecular flexibility index (Phi) is 4.28. The van der Waals surface area contributed by atoms with Gasteiger partial charge in [-0.2, -0.15) is 0 Å². The minimum absolute atomic E-state index is 0. The summed E-state index contributed by atoms with van der Waals surface area (Å²) in [5.74, 6) is 0. The SMILES string of the molecule is Cc1ccc([NH2+]C(C)(C)C)c2cccnc12.[Br-]. The van der Waals surface area contributed by atoms with Crippen LogP contribution in [0.4, 0.5) is 5.69 Å². The van der Waals surface area contributed by atoms with Crippen LogP contribution in [0.1, 0.15) is 26.3 Å². The third-order valence-electron chi connectivity index (χ3n) is 2.59. The van der Waals surface area contributed by atoms with Crippen LogP contribution < -0.4 is 22.3 Å². The highest BCUT2D eigenvalue weighted by atomic mass is 79.9. The fourth-order valence-electron chi connectivity index (χ4n) is 1.93. The topological polar surface area (TPSA) is 29.5 Å². The van der Waals surface area contributed by atoms with Crippen molar-refractivity contribution in [1.29, 1.82) is 0 Å². The van der Waals surface area contributed by atoms with Crippen molar-refractivity contribution < 1.29 is 22.3 Å². The largest absolute Gasteiger partial charge is 1.00 e. The molecular weight excluding hydrogens is 276 g/mol. The molecule has 0 unspecified atom stereocenters. The number of fused-ring (bicyclic) bond motifs is 1. The number of halogens is 1. The molecule has 2 nitrogen and oxygen atoms in total. The number of aromatic nitrogens is 1. The number of benzene rings is 1. The number of hydrogen-bond donors (Lipinski definition) is 1. The molecule has 0 aliphatic carbocycles. The first kappa shape index (κ1) is 14.1. The Morgan fingerprint density at radius 1 is 1.12 bits per heavy atom. The van der Waals surface area contributed by atoms with Crippen molar-refractivity contribution in [2.45, 2.75) is 33.2 Å². The lowest BCUT2D eigenvalue weighted by Gasteiger charge is -2.17.